The Kier molecular flexibility index (Phi) is 4.40. The van der Waals surface area contributed by atoms with Crippen LogP contribution in [-0.2, 0) is 24.4 Å². The first-order valence-electron chi connectivity index (χ1n) is 10.7. The van der Waals surface area contributed by atoms with Crippen LogP contribution in [0, 0.1) is 0 Å². The minimum Gasteiger partial charge on any atom is -0.497 e. The molecule has 7 heteroatoms. The molecule has 3 aliphatic heterocycles. The van der Waals surface area contributed by atoms with Crippen LogP contribution < -0.4 is 14.2 Å². The summed E-state index contributed by atoms with van der Waals surface area (Å²) in [6, 6.07) is 14.4. The molecule has 160 valence electrons. The smallest absolute Gasteiger partial charge is 0.231 e. The van der Waals surface area contributed by atoms with Crippen LogP contribution in [0.5, 0.6) is 17.2 Å². The molecule has 7 nitrogen and oxygen atoms in total. The fourth-order valence-corrected chi connectivity index (χ4v) is 4.88. The Hall–Kier alpha value is -3.03. The van der Waals surface area contributed by atoms with Gasteiger partial charge in [0, 0.05) is 25.2 Å². The Labute approximate surface area is 181 Å². The van der Waals surface area contributed by atoms with Gasteiger partial charge in [-0.2, -0.15) is 0 Å². The standard InChI is InChI=1S/C24H25N3O4/c1-28-19-4-2-3-18(10-19)20-11-25-23-13-31-24(15-27(20)23)7-8-26(14-24)12-17-5-6-21-22(9-17)30-16-29-21/h2-6,9-11H,7-8,12-16H2,1H3/t24-/m1/s1. The molecule has 6 rings (SSSR count). The van der Waals surface area contributed by atoms with Crippen LogP contribution in [0.3, 0.4) is 0 Å². The molecule has 4 heterocycles. The van der Waals surface area contributed by atoms with E-state index >= 15 is 0 Å². The second kappa shape index (κ2) is 7.28. The van der Waals surface area contributed by atoms with Gasteiger partial charge < -0.3 is 23.5 Å². The highest BCUT2D eigenvalue weighted by Crippen LogP contribution is 2.37. The van der Waals surface area contributed by atoms with E-state index in [4.69, 9.17) is 18.9 Å². The van der Waals surface area contributed by atoms with Crippen molar-refractivity contribution >= 4 is 0 Å². The Morgan fingerprint density at radius 3 is 2.97 bits per heavy atom. The maximum absolute atomic E-state index is 6.39. The number of rotatable bonds is 4. The lowest BCUT2D eigenvalue weighted by Gasteiger charge is -2.35. The van der Waals surface area contributed by atoms with Crippen molar-refractivity contribution in [2.24, 2.45) is 0 Å². The van der Waals surface area contributed by atoms with E-state index in [1.807, 2.05) is 24.4 Å². The molecule has 1 aromatic heterocycles. The number of imidazole rings is 1. The maximum Gasteiger partial charge on any atom is 0.231 e. The number of benzene rings is 2. The number of methoxy groups -OCH3 is 1. The van der Waals surface area contributed by atoms with E-state index in [0.29, 0.717) is 13.4 Å². The van der Waals surface area contributed by atoms with E-state index in [2.05, 4.69) is 38.7 Å². The van der Waals surface area contributed by atoms with Gasteiger partial charge in [-0.25, -0.2) is 4.98 Å². The molecule has 2 aromatic carbocycles. The summed E-state index contributed by atoms with van der Waals surface area (Å²) >= 11 is 0. The van der Waals surface area contributed by atoms with Crippen molar-refractivity contribution in [2.75, 3.05) is 27.0 Å². The summed E-state index contributed by atoms with van der Waals surface area (Å²) in [5.74, 6) is 3.50. The van der Waals surface area contributed by atoms with Crippen LogP contribution >= 0.6 is 0 Å². The fraction of sp³-hybridized carbons (Fsp3) is 0.375. The lowest BCUT2D eigenvalue weighted by molar-refractivity contribution is -0.0821. The largest absolute Gasteiger partial charge is 0.497 e. The van der Waals surface area contributed by atoms with Crippen LogP contribution in [0.1, 0.15) is 17.8 Å². The summed E-state index contributed by atoms with van der Waals surface area (Å²) in [5.41, 5.74) is 3.28. The van der Waals surface area contributed by atoms with E-state index in [1.165, 1.54) is 5.56 Å². The molecule has 1 fully saturated rings. The van der Waals surface area contributed by atoms with Crippen LogP contribution in [0.2, 0.25) is 0 Å². The quantitative estimate of drug-likeness (QED) is 0.646. The van der Waals surface area contributed by atoms with Crippen molar-refractivity contribution in [3.63, 3.8) is 0 Å². The highest BCUT2D eigenvalue weighted by Gasteiger charge is 2.43. The molecule has 0 bridgehead atoms. The predicted molar refractivity (Wildman–Crippen MR) is 114 cm³/mol. The summed E-state index contributed by atoms with van der Waals surface area (Å²) in [5, 5.41) is 0. The van der Waals surface area contributed by atoms with Gasteiger partial charge in [-0.1, -0.05) is 18.2 Å². The lowest BCUT2D eigenvalue weighted by atomic mass is 10.0. The van der Waals surface area contributed by atoms with Gasteiger partial charge in [0.2, 0.25) is 6.79 Å². The lowest BCUT2D eigenvalue weighted by Crippen LogP contribution is -2.44. The first kappa shape index (κ1) is 18.7. The molecule has 0 amide bonds. The van der Waals surface area contributed by atoms with Gasteiger partial charge in [-0.15, -0.1) is 0 Å². The fourth-order valence-electron chi connectivity index (χ4n) is 4.88. The second-order valence-electron chi connectivity index (χ2n) is 8.50. The molecular weight excluding hydrogens is 394 g/mol. The van der Waals surface area contributed by atoms with Crippen LogP contribution in [0.15, 0.2) is 48.7 Å². The summed E-state index contributed by atoms with van der Waals surface area (Å²) in [6.07, 6.45) is 2.96. The van der Waals surface area contributed by atoms with Gasteiger partial charge in [-0.3, -0.25) is 4.90 Å². The van der Waals surface area contributed by atoms with Gasteiger partial charge in [-0.05, 0) is 36.2 Å². The van der Waals surface area contributed by atoms with Crippen molar-refractivity contribution in [1.29, 1.82) is 0 Å². The number of aromatic nitrogens is 2. The summed E-state index contributed by atoms with van der Waals surface area (Å²) in [7, 11) is 1.70. The van der Waals surface area contributed by atoms with Gasteiger partial charge >= 0.3 is 0 Å². The molecule has 1 saturated heterocycles. The van der Waals surface area contributed by atoms with Crippen LogP contribution in [-0.4, -0.2) is 47.0 Å². The van der Waals surface area contributed by atoms with Crippen molar-refractivity contribution in [3.8, 4) is 28.5 Å². The number of hydrogen-bond acceptors (Lipinski definition) is 6. The van der Waals surface area contributed by atoms with Crippen molar-refractivity contribution in [3.05, 3.63) is 60.0 Å². The monoisotopic (exact) mass is 419 g/mol. The first-order valence-corrected chi connectivity index (χ1v) is 10.7. The van der Waals surface area contributed by atoms with Gasteiger partial charge in [0.1, 0.15) is 23.8 Å². The minimum atomic E-state index is -0.183. The Morgan fingerprint density at radius 1 is 1.10 bits per heavy atom. The zero-order valence-corrected chi connectivity index (χ0v) is 17.5. The zero-order valence-electron chi connectivity index (χ0n) is 17.5. The molecule has 0 aliphatic carbocycles. The van der Waals surface area contributed by atoms with E-state index in [0.717, 1.165) is 66.9 Å². The third-order valence-corrected chi connectivity index (χ3v) is 6.50. The first-order chi connectivity index (χ1) is 15.2. The normalized spacial score (nSPS) is 22.1. The number of likely N-dealkylation sites (tertiary alicyclic amines) is 1. The molecule has 1 atom stereocenters. The summed E-state index contributed by atoms with van der Waals surface area (Å²) in [6.45, 7) is 4.45. The molecule has 0 N–H and O–H groups in total. The molecule has 31 heavy (non-hydrogen) atoms. The Morgan fingerprint density at radius 2 is 2.03 bits per heavy atom. The van der Waals surface area contributed by atoms with Gasteiger partial charge in [0.25, 0.3) is 0 Å². The summed E-state index contributed by atoms with van der Waals surface area (Å²) in [4.78, 5) is 7.08. The molecule has 0 saturated carbocycles. The highest BCUT2D eigenvalue weighted by atomic mass is 16.7. The van der Waals surface area contributed by atoms with E-state index in [9.17, 15) is 0 Å². The van der Waals surface area contributed by atoms with Gasteiger partial charge in [0.05, 0.1) is 25.5 Å². The molecule has 3 aliphatic rings. The molecule has 1 spiro atoms. The average molecular weight is 419 g/mol. The topological polar surface area (TPSA) is 58.0 Å². The van der Waals surface area contributed by atoms with E-state index < -0.39 is 0 Å². The summed E-state index contributed by atoms with van der Waals surface area (Å²) < 4.78 is 25.1. The molecule has 3 aromatic rings. The number of hydrogen-bond donors (Lipinski definition) is 0. The van der Waals surface area contributed by atoms with E-state index in [-0.39, 0.29) is 5.60 Å². The SMILES string of the molecule is COc1cccc(-c2cnc3n2C[C@]2(CCN(Cc4ccc5c(c4)OCO5)C2)OC3)c1. The third-order valence-electron chi connectivity index (χ3n) is 6.50. The number of nitrogens with zero attached hydrogens (tertiary/aromatic N) is 3. The van der Waals surface area contributed by atoms with Gasteiger partial charge in [0.15, 0.2) is 11.5 Å². The molecule has 0 radical (unpaired) electrons. The maximum atomic E-state index is 6.39. The second-order valence-corrected chi connectivity index (χ2v) is 8.50. The zero-order chi connectivity index (χ0) is 20.8. The van der Waals surface area contributed by atoms with Crippen LogP contribution in [0.25, 0.3) is 11.3 Å². The van der Waals surface area contributed by atoms with Crippen molar-refractivity contribution < 1.29 is 18.9 Å². The van der Waals surface area contributed by atoms with Crippen molar-refractivity contribution in [2.45, 2.75) is 31.7 Å². The molecular formula is C24H25N3O4. The van der Waals surface area contributed by atoms with E-state index in [1.54, 1.807) is 7.11 Å². The third kappa shape index (κ3) is 3.34. The number of fused-ring (bicyclic) bond motifs is 2. The number of ether oxygens (including phenoxy) is 4. The average Bonchev–Trinajstić information content (AvgIpc) is 3.52. The minimum absolute atomic E-state index is 0.183. The highest BCUT2D eigenvalue weighted by molar-refractivity contribution is 5.61. The van der Waals surface area contributed by atoms with Crippen molar-refractivity contribution in [1.82, 2.24) is 14.5 Å². The Bertz CT molecular complexity index is 1130. The molecule has 0 unspecified atom stereocenters. The Balaban J connectivity index is 1.21. The van der Waals surface area contributed by atoms with Crippen LogP contribution in [0.4, 0.5) is 0 Å². The predicted octanol–water partition coefficient (Wildman–Crippen LogP) is 3.46.